The van der Waals surface area contributed by atoms with E-state index in [1.165, 1.54) is 6.08 Å². The maximum Gasteiger partial charge on any atom is 0.331 e. The number of esters is 1. The minimum absolute atomic E-state index is 0.318. The Hall–Kier alpha value is -2.79. The summed E-state index contributed by atoms with van der Waals surface area (Å²) in [6, 6.07) is 14.7. The normalized spacial score (nSPS) is 10.5. The minimum atomic E-state index is -0.588. The van der Waals surface area contributed by atoms with Crippen LogP contribution in [0.4, 0.5) is 0 Å². The fourth-order valence-corrected chi connectivity index (χ4v) is 2.35. The van der Waals surface area contributed by atoms with Crippen LogP contribution >= 0.6 is 11.6 Å². The van der Waals surface area contributed by atoms with Crippen LogP contribution in [0.5, 0.6) is 5.75 Å². The summed E-state index contributed by atoms with van der Waals surface area (Å²) < 4.78 is 9.99. The molecule has 0 radical (unpaired) electrons. The number of hydrogen-bond donors (Lipinski definition) is 1. The fraction of sp³-hybridized carbons (Fsp3) is 0.200. The highest BCUT2D eigenvalue weighted by atomic mass is 35.5. The number of hydrogen-bond acceptors (Lipinski definition) is 4. The van der Waals surface area contributed by atoms with Crippen LogP contribution in [0.3, 0.4) is 0 Å². The summed E-state index contributed by atoms with van der Waals surface area (Å²) in [5.41, 5.74) is 1.85. The van der Waals surface area contributed by atoms with E-state index in [-0.39, 0.29) is 12.5 Å². The van der Waals surface area contributed by atoms with Crippen molar-refractivity contribution in [2.24, 2.45) is 0 Å². The first-order valence-corrected chi connectivity index (χ1v) is 8.44. The Kier molecular flexibility index (Phi) is 7.71. The average molecular weight is 374 g/mol. The number of amides is 1. The van der Waals surface area contributed by atoms with Gasteiger partial charge in [-0.05, 0) is 47.9 Å². The van der Waals surface area contributed by atoms with E-state index in [0.29, 0.717) is 18.0 Å². The molecular formula is C20H20ClNO4. The van der Waals surface area contributed by atoms with E-state index in [0.717, 1.165) is 16.9 Å². The van der Waals surface area contributed by atoms with Gasteiger partial charge in [0.2, 0.25) is 0 Å². The third-order valence-electron chi connectivity index (χ3n) is 3.50. The molecule has 0 atom stereocenters. The van der Waals surface area contributed by atoms with E-state index in [2.05, 4.69) is 5.32 Å². The summed E-state index contributed by atoms with van der Waals surface area (Å²) >= 11 is 5.86. The van der Waals surface area contributed by atoms with Crippen molar-refractivity contribution < 1.29 is 19.1 Å². The predicted octanol–water partition coefficient (Wildman–Crippen LogP) is 3.26. The average Bonchev–Trinajstić information content (AvgIpc) is 2.65. The van der Waals surface area contributed by atoms with Crippen molar-refractivity contribution in [3.05, 3.63) is 70.8 Å². The Labute approximate surface area is 157 Å². The van der Waals surface area contributed by atoms with Crippen LogP contribution in [0.1, 0.15) is 11.1 Å². The molecule has 0 aliphatic carbocycles. The quantitative estimate of drug-likeness (QED) is 0.569. The summed E-state index contributed by atoms with van der Waals surface area (Å²) in [4.78, 5) is 23.3. The molecule has 0 bridgehead atoms. The second kappa shape index (κ2) is 10.3. The van der Waals surface area contributed by atoms with Crippen molar-refractivity contribution in [2.75, 3.05) is 20.3 Å². The molecule has 2 aromatic carbocycles. The Morgan fingerprint density at radius 1 is 1.15 bits per heavy atom. The molecule has 2 rings (SSSR count). The predicted molar refractivity (Wildman–Crippen MR) is 101 cm³/mol. The molecule has 0 heterocycles. The van der Waals surface area contributed by atoms with Crippen LogP contribution in [-0.2, 0) is 20.7 Å². The summed E-state index contributed by atoms with van der Waals surface area (Å²) in [5.74, 6) is -0.145. The van der Waals surface area contributed by atoms with Crippen molar-refractivity contribution in [3.63, 3.8) is 0 Å². The number of nitrogens with one attached hydrogen (secondary N) is 1. The first kappa shape index (κ1) is 19.5. The van der Waals surface area contributed by atoms with Crippen molar-refractivity contribution >= 4 is 29.6 Å². The van der Waals surface area contributed by atoms with Crippen molar-refractivity contribution in [1.29, 1.82) is 0 Å². The van der Waals surface area contributed by atoms with Crippen LogP contribution in [0.15, 0.2) is 54.6 Å². The lowest BCUT2D eigenvalue weighted by molar-refractivity contribution is -0.143. The van der Waals surface area contributed by atoms with Gasteiger partial charge in [-0.2, -0.15) is 0 Å². The molecule has 0 aromatic heterocycles. The van der Waals surface area contributed by atoms with Crippen LogP contribution in [0.25, 0.3) is 6.08 Å². The van der Waals surface area contributed by atoms with Gasteiger partial charge in [0.15, 0.2) is 6.61 Å². The zero-order chi connectivity index (χ0) is 18.8. The molecule has 0 aliphatic rings. The molecule has 2 aromatic rings. The van der Waals surface area contributed by atoms with E-state index in [1.54, 1.807) is 31.4 Å². The second-order valence-corrected chi connectivity index (χ2v) is 5.88. The standard InChI is InChI=1S/C20H20ClNO4/c1-25-18-8-5-15(6-9-18)11-12-22-19(23)14-26-20(24)10-7-16-3-2-4-17(21)13-16/h2-10,13H,11-12,14H2,1H3,(H,22,23)/b10-7+. The molecule has 0 unspecified atom stereocenters. The van der Waals surface area contributed by atoms with Crippen LogP contribution in [-0.4, -0.2) is 32.1 Å². The lowest BCUT2D eigenvalue weighted by atomic mass is 10.1. The zero-order valence-electron chi connectivity index (χ0n) is 14.4. The summed E-state index contributed by atoms with van der Waals surface area (Å²) in [5, 5.41) is 3.29. The lowest BCUT2D eigenvalue weighted by Gasteiger charge is -2.06. The molecule has 1 N–H and O–H groups in total. The van der Waals surface area contributed by atoms with Gasteiger partial charge in [-0.15, -0.1) is 0 Å². The van der Waals surface area contributed by atoms with Crippen LogP contribution in [0.2, 0.25) is 5.02 Å². The zero-order valence-corrected chi connectivity index (χ0v) is 15.2. The summed E-state index contributed by atoms with van der Waals surface area (Å²) in [6.07, 6.45) is 3.52. The number of halogens is 1. The van der Waals surface area contributed by atoms with Gasteiger partial charge in [-0.1, -0.05) is 35.9 Å². The minimum Gasteiger partial charge on any atom is -0.497 e. The first-order valence-electron chi connectivity index (χ1n) is 8.07. The van der Waals surface area contributed by atoms with Crippen LogP contribution < -0.4 is 10.1 Å². The highest BCUT2D eigenvalue weighted by Crippen LogP contribution is 2.12. The highest BCUT2D eigenvalue weighted by Gasteiger charge is 2.05. The van der Waals surface area contributed by atoms with Crippen molar-refractivity contribution in [3.8, 4) is 5.75 Å². The molecule has 0 saturated heterocycles. The molecule has 0 saturated carbocycles. The molecule has 26 heavy (non-hydrogen) atoms. The van der Waals surface area contributed by atoms with Gasteiger partial charge in [-0.25, -0.2) is 4.79 Å². The Bertz CT molecular complexity index is 772. The van der Waals surface area contributed by atoms with E-state index in [9.17, 15) is 9.59 Å². The highest BCUT2D eigenvalue weighted by molar-refractivity contribution is 6.30. The molecule has 6 heteroatoms. The Morgan fingerprint density at radius 2 is 1.92 bits per heavy atom. The summed E-state index contributed by atoms with van der Waals surface area (Å²) in [6.45, 7) is 0.141. The number of ether oxygens (including phenoxy) is 2. The van der Waals surface area contributed by atoms with Gasteiger partial charge in [0.25, 0.3) is 5.91 Å². The Morgan fingerprint density at radius 3 is 2.62 bits per heavy atom. The van der Waals surface area contributed by atoms with E-state index in [1.807, 2.05) is 30.3 Å². The maximum atomic E-state index is 11.7. The van der Waals surface area contributed by atoms with Gasteiger partial charge in [-0.3, -0.25) is 4.79 Å². The van der Waals surface area contributed by atoms with E-state index in [4.69, 9.17) is 21.1 Å². The monoisotopic (exact) mass is 373 g/mol. The SMILES string of the molecule is COc1ccc(CCNC(=O)COC(=O)/C=C/c2cccc(Cl)c2)cc1. The van der Waals surface area contributed by atoms with Gasteiger partial charge in [0.05, 0.1) is 7.11 Å². The van der Waals surface area contributed by atoms with Gasteiger partial charge in [0, 0.05) is 17.6 Å². The number of rotatable bonds is 8. The second-order valence-electron chi connectivity index (χ2n) is 5.44. The third-order valence-corrected chi connectivity index (χ3v) is 3.74. The number of benzene rings is 2. The number of carbonyl (C=O) groups is 2. The van der Waals surface area contributed by atoms with E-state index < -0.39 is 5.97 Å². The topological polar surface area (TPSA) is 64.6 Å². The number of carbonyl (C=O) groups excluding carboxylic acids is 2. The largest absolute Gasteiger partial charge is 0.497 e. The lowest BCUT2D eigenvalue weighted by Crippen LogP contribution is -2.30. The van der Waals surface area contributed by atoms with Crippen LogP contribution in [0, 0.1) is 0 Å². The smallest absolute Gasteiger partial charge is 0.331 e. The molecule has 0 spiro atoms. The van der Waals surface area contributed by atoms with E-state index >= 15 is 0 Å². The molecule has 136 valence electrons. The van der Waals surface area contributed by atoms with Crippen molar-refractivity contribution in [2.45, 2.75) is 6.42 Å². The Balaban J connectivity index is 1.66. The molecule has 5 nitrogen and oxygen atoms in total. The molecular weight excluding hydrogens is 354 g/mol. The van der Waals surface area contributed by atoms with Gasteiger partial charge >= 0.3 is 5.97 Å². The summed E-state index contributed by atoms with van der Waals surface area (Å²) in [7, 11) is 1.61. The maximum absolute atomic E-state index is 11.7. The van der Waals surface area contributed by atoms with Crippen molar-refractivity contribution in [1.82, 2.24) is 5.32 Å². The van der Waals surface area contributed by atoms with Gasteiger partial charge < -0.3 is 14.8 Å². The number of methoxy groups -OCH3 is 1. The molecule has 0 aliphatic heterocycles. The van der Waals surface area contributed by atoms with Gasteiger partial charge in [0.1, 0.15) is 5.75 Å². The molecule has 1 amide bonds. The molecule has 0 fully saturated rings. The third kappa shape index (κ3) is 6.99. The fourth-order valence-electron chi connectivity index (χ4n) is 2.15. The first-order chi connectivity index (χ1) is 12.6.